The first-order valence-corrected chi connectivity index (χ1v) is 1.11. The smallest absolute Gasteiger partial charge is 0 e. The van der Waals surface area contributed by atoms with E-state index in [1.807, 2.05) is 0 Å². The maximum atomic E-state index is 7.03. The minimum atomic E-state index is -0.188. The summed E-state index contributed by atoms with van der Waals surface area (Å²) in [5.41, 5.74) is 0. The summed E-state index contributed by atoms with van der Waals surface area (Å²) in [7, 11) is 0. The van der Waals surface area contributed by atoms with Crippen LogP contribution in [0.4, 0.5) is 0 Å². The van der Waals surface area contributed by atoms with Crippen LogP contribution in [-0.4, -0.2) is 32.3 Å². The van der Waals surface area contributed by atoms with Gasteiger partial charge in [-0.25, -0.2) is 0 Å². The molecule has 0 saturated heterocycles. The molecule has 0 unspecified atom stereocenters. The summed E-state index contributed by atoms with van der Waals surface area (Å²) in [4.78, 5) is 0. The molecular formula is H2CuO2Sn. The van der Waals surface area contributed by atoms with Crippen molar-refractivity contribution < 1.29 is 24.0 Å². The zero-order chi connectivity index (χ0) is 2.71. The molecule has 0 aliphatic rings. The third-order valence-electron chi connectivity index (χ3n) is 0. The Balaban J connectivity index is 0. The second kappa shape index (κ2) is 8.87. The zero-order valence-electron chi connectivity index (χ0n) is 1.70. The van der Waals surface area contributed by atoms with Gasteiger partial charge in [-0.05, 0) is 0 Å². The first kappa shape index (κ1) is 8.97. The molecule has 0 heterocycles. The van der Waals surface area contributed by atoms with Crippen molar-refractivity contribution in [3.8, 4) is 0 Å². The molecule has 0 aromatic carbocycles. The fourth-order valence-electron chi connectivity index (χ4n) is 0. The largest absolute Gasteiger partial charge is 0 e. The summed E-state index contributed by atoms with van der Waals surface area (Å²) in [5.74, 6) is 0. The van der Waals surface area contributed by atoms with Gasteiger partial charge in [0.1, 0.15) is 0 Å². The Morgan fingerprint density at radius 1 is 1.25 bits per heavy atom. The fraction of sp³-hybridized carbons (Fsp3) is 0. The summed E-state index contributed by atoms with van der Waals surface area (Å²) >= 11 is -0.188. The van der Waals surface area contributed by atoms with E-state index in [2.05, 4.69) is 0 Å². The summed E-state index contributed by atoms with van der Waals surface area (Å²) in [6.45, 7) is 0. The van der Waals surface area contributed by atoms with E-state index in [1.165, 1.54) is 0 Å². The van der Waals surface area contributed by atoms with Gasteiger partial charge in [-0.15, -0.1) is 0 Å². The number of hydrogen-bond donors (Lipinski definition) is 2. The molecule has 2 nitrogen and oxygen atoms in total. The normalized spacial score (nSPS) is 5.50. The molecule has 0 aromatic heterocycles. The van der Waals surface area contributed by atoms with Crippen LogP contribution in [-0.2, 0) is 15.6 Å². The molecule has 29 valence electrons. The Kier molecular flexibility index (Phi) is 19.9. The third kappa shape index (κ3) is 10.6. The number of hydrogen-bond acceptors (Lipinski definition) is 2. The van der Waals surface area contributed by atoms with E-state index in [9.17, 15) is 0 Å². The van der Waals surface area contributed by atoms with Crippen LogP contribution >= 0.6 is 0 Å². The first-order chi connectivity index (χ1) is 1.41. The molecule has 0 bridgehead atoms. The van der Waals surface area contributed by atoms with Crippen LogP contribution in [0.15, 0.2) is 0 Å². The number of rotatable bonds is 0. The maximum absolute atomic E-state index is 7.03. The summed E-state index contributed by atoms with van der Waals surface area (Å²) in [5, 5.41) is 0. The molecule has 4 heteroatoms. The SMILES string of the molecule is [OH][Cu][OH].[Sn]. The van der Waals surface area contributed by atoms with Crippen molar-refractivity contribution >= 4 is 23.9 Å². The van der Waals surface area contributed by atoms with Gasteiger partial charge < -0.3 is 0 Å². The van der Waals surface area contributed by atoms with Crippen LogP contribution in [0.1, 0.15) is 0 Å². The fourth-order valence-corrected chi connectivity index (χ4v) is 0. The van der Waals surface area contributed by atoms with E-state index in [1.54, 1.807) is 0 Å². The average molecular weight is 216 g/mol. The van der Waals surface area contributed by atoms with E-state index in [-0.39, 0.29) is 39.5 Å². The topological polar surface area (TPSA) is 40.5 Å². The van der Waals surface area contributed by atoms with Gasteiger partial charge in [0.15, 0.2) is 0 Å². The molecule has 0 spiro atoms. The van der Waals surface area contributed by atoms with Crippen LogP contribution in [0.5, 0.6) is 0 Å². The van der Waals surface area contributed by atoms with Crippen molar-refractivity contribution in [2.75, 3.05) is 0 Å². The quantitative estimate of drug-likeness (QED) is 0.484. The Hall–Kier alpha value is 1.24. The Labute approximate surface area is 48.0 Å². The van der Waals surface area contributed by atoms with Crippen molar-refractivity contribution in [2.45, 2.75) is 0 Å². The van der Waals surface area contributed by atoms with E-state index in [0.29, 0.717) is 0 Å². The Morgan fingerprint density at radius 3 is 1.25 bits per heavy atom. The van der Waals surface area contributed by atoms with Gasteiger partial charge in [0.2, 0.25) is 0 Å². The van der Waals surface area contributed by atoms with Crippen molar-refractivity contribution in [1.82, 2.24) is 0 Å². The predicted octanol–water partition coefficient (Wildman–Crippen LogP) is -1.50. The van der Waals surface area contributed by atoms with Crippen LogP contribution in [0, 0.1) is 0 Å². The molecule has 0 fully saturated rings. The third-order valence-corrected chi connectivity index (χ3v) is 0. The second-order valence-corrected chi connectivity index (χ2v) is 0.249. The summed E-state index contributed by atoms with van der Waals surface area (Å²) in [6.07, 6.45) is 0. The minimum Gasteiger partial charge on any atom is 0 e. The van der Waals surface area contributed by atoms with Crippen LogP contribution in [0.3, 0.4) is 0 Å². The Bertz CT molecular complexity index is 6.00. The molecule has 0 saturated carbocycles. The monoisotopic (exact) mass is 217 g/mol. The second-order valence-electron chi connectivity index (χ2n) is 0.0603. The predicted molar refractivity (Wildman–Crippen MR) is 10.2 cm³/mol. The maximum Gasteiger partial charge on any atom is 0 e. The summed E-state index contributed by atoms with van der Waals surface area (Å²) in [6, 6.07) is 0. The molecule has 4 radical (unpaired) electrons. The van der Waals surface area contributed by atoms with E-state index in [0.717, 1.165) is 0 Å². The van der Waals surface area contributed by atoms with Gasteiger partial charge in [-0.1, -0.05) is 0 Å². The molecule has 2 N–H and O–H groups in total. The van der Waals surface area contributed by atoms with Crippen molar-refractivity contribution in [3.05, 3.63) is 0 Å². The van der Waals surface area contributed by atoms with Crippen LogP contribution in [0.2, 0.25) is 0 Å². The van der Waals surface area contributed by atoms with E-state index in [4.69, 9.17) is 8.38 Å². The van der Waals surface area contributed by atoms with E-state index < -0.39 is 0 Å². The van der Waals surface area contributed by atoms with Gasteiger partial charge in [-0.2, -0.15) is 0 Å². The van der Waals surface area contributed by atoms with Crippen molar-refractivity contribution in [2.24, 2.45) is 0 Å². The molecular weight excluding hydrogens is 214 g/mol. The Morgan fingerprint density at radius 2 is 1.25 bits per heavy atom. The molecule has 4 heavy (non-hydrogen) atoms. The van der Waals surface area contributed by atoms with E-state index >= 15 is 0 Å². The van der Waals surface area contributed by atoms with Gasteiger partial charge in [-0.3, -0.25) is 0 Å². The molecule has 0 aromatic rings. The van der Waals surface area contributed by atoms with Gasteiger partial charge in [0.25, 0.3) is 0 Å². The van der Waals surface area contributed by atoms with Crippen LogP contribution in [0.25, 0.3) is 0 Å². The summed E-state index contributed by atoms with van der Waals surface area (Å²) < 4.78 is 14.1. The molecule has 0 aliphatic heterocycles. The van der Waals surface area contributed by atoms with Crippen molar-refractivity contribution in [3.63, 3.8) is 0 Å². The average Bonchev–Trinajstić information content (AvgIpc) is 0.918. The molecule has 0 aliphatic carbocycles. The molecule has 0 atom stereocenters. The van der Waals surface area contributed by atoms with Crippen molar-refractivity contribution in [1.29, 1.82) is 0 Å². The first-order valence-electron chi connectivity index (χ1n) is 0.270. The van der Waals surface area contributed by atoms with Gasteiger partial charge >= 0.3 is 24.0 Å². The van der Waals surface area contributed by atoms with Gasteiger partial charge in [0, 0.05) is 23.9 Å². The molecule has 0 amide bonds. The zero-order valence-corrected chi connectivity index (χ0v) is 5.49. The molecule has 0 rings (SSSR count). The standard InChI is InChI=1S/Cu.2H2O.Sn/h;2*1H2;/q+2;;;/p-2. The minimum absolute atomic E-state index is 0. The van der Waals surface area contributed by atoms with Crippen LogP contribution < -0.4 is 0 Å². The van der Waals surface area contributed by atoms with Gasteiger partial charge in [0.05, 0.1) is 0 Å².